The first-order valence-corrected chi connectivity index (χ1v) is 7.99. The SMILES string of the molecule is Cc1cnc(C(=O)N(C)C[C@@]2(O)CCN(c3ccc(F)cn3)C2)cn1. The molecule has 1 amide bonds. The van der Waals surface area contributed by atoms with Gasteiger partial charge in [0.05, 0.1) is 24.6 Å². The fourth-order valence-corrected chi connectivity index (χ4v) is 2.95. The molecule has 3 rings (SSSR count). The molecule has 2 aromatic rings. The van der Waals surface area contributed by atoms with Gasteiger partial charge in [0.2, 0.25) is 0 Å². The molecule has 0 spiro atoms. The number of amides is 1. The molecule has 1 saturated heterocycles. The zero-order valence-electron chi connectivity index (χ0n) is 14.2. The molecular formula is C17H20FN5O2. The Morgan fingerprint density at radius 3 is 2.76 bits per heavy atom. The number of nitrogens with zero attached hydrogens (tertiary/aromatic N) is 5. The van der Waals surface area contributed by atoms with E-state index < -0.39 is 11.4 Å². The molecule has 1 N–H and O–H groups in total. The van der Waals surface area contributed by atoms with Crippen LogP contribution in [0.5, 0.6) is 0 Å². The van der Waals surface area contributed by atoms with Crippen molar-refractivity contribution in [1.29, 1.82) is 0 Å². The molecule has 1 aliphatic heterocycles. The second-order valence-electron chi connectivity index (χ2n) is 6.43. The summed E-state index contributed by atoms with van der Waals surface area (Å²) in [6.07, 6.45) is 4.61. The lowest BCUT2D eigenvalue weighted by atomic mass is 10.0. The summed E-state index contributed by atoms with van der Waals surface area (Å²) in [7, 11) is 1.63. The van der Waals surface area contributed by atoms with Crippen LogP contribution < -0.4 is 4.90 Å². The van der Waals surface area contributed by atoms with Gasteiger partial charge >= 0.3 is 0 Å². The Kier molecular flexibility index (Phi) is 4.63. The summed E-state index contributed by atoms with van der Waals surface area (Å²) in [6, 6.07) is 2.92. The number of carbonyl (C=O) groups is 1. The van der Waals surface area contributed by atoms with Gasteiger partial charge in [-0.2, -0.15) is 0 Å². The van der Waals surface area contributed by atoms with Crippen molar-refractivity contribution >= 4 is 11.7 Å². The Morgan fingerprint density at radius 2 is 2.12 bits per heavy atom. The number of rotatable bonds is 4. The van der Waals surface area contributed by atoms with Crippen molar-refractivity contribution in [3.63, 3.8) is 0 Å². The van der Waals surface area contributed by atoms with Crippen molar-refractivity contribution in [2.75, 3.05) is 31.6 Å². The fourth-order valence-electron chi connectivity index (χ4n) is 2.95. The van der Waals surface area contributed by atoms with Crippen molar-refractivity contribution in [2.45, 2.75) is 18.9 Å². The molecule has 3 heterocycles. The number of pyridine rings is 1. The quantitative estimate of drug-likeness (QED) is 0.891. The van der Waals surface area contributed by atoms with Gasteiger partial charge in [-0.25, -0.2) is 14.4 Å². The highest BCUT2D eigenvalue weighted by Gasteiger charge is 2.38. The Hall–Kier alpha value is -2.61. The molecule has 0 aromatic carbocycles. The standard InChI is InChI=1S/C17H20FN5O2/c1-12-7-20-14(9-19-12)16(24)22(2)10-17(25)5-6-23(11-17)15-4-3-13(18)8-21-15/h3-4,7-9,25H,5-6,10-11H2,1-2H3/t17-/m0/s1. The number of aromatic nitrogens is 3. The maximum atomic E-state index is 13.0. The van der Waals surface area contributed by atoms with Crippen LogP contribution in [0.25, 0.3) is 0 Å². The molecule has 0 saturated carbocycles. The van der Waals surface area contributed by atoms with Gasteiger partial charge in [0, 0.05) is 26.3 Å². The fraction of sp³-hybridized carbons (Fsp3) is 0.412. The highest BCUT2D eigenvalue weighted by molar-refractivity contribution is 5.91. The first-order valence-electron chi connectivity index (χ1n) is 7.99. The first kappa shape index (κ1) is 17.2. The Bertz CT molecular complexity index is 753. The van der Waals surface area contributed by atoms with Crippen LogP contribution in [0.4, 0.5) is 10.2 Å². The third kappa shape index (κ3) is 3.90. The summed E-state index contributed by atoms with van der Waals surface area (Å²) in [4.78, 5) is 27.9. The average molecular weight is 345 g/mol. The summed E-state index contributed by atoms with van der Waals surface area (Å²) < 4.78 is 13.0. The number of β-amino-alcohol motifs (C(OH)–C–C–N with tert-alkyl or cyclic N) is 1. The average Bonchev–Trinajstić information content (AvgIpc) is 2.97. The summed E-state index contributed by atoms with van der Waals surface area (Å²) in [5, 5.41) is 10.8. The minimum absolute atomic E-state index is 0.166. The molecule has 0 radical (unpaired) electrons. The molecule has 1 fully saturated rings. The lowest BCUT2D eigenvalue weighted by molar-refractivity contribution is 0.0261. The third-order valence-electron chi connectivity index (χ3n) is 4.25. The van der Waals surface area contributed by atoms with Crippen molar-refractivity contribution in [1.82, 2.24) is 19.9 Å². The summed E-state index contributed by atoms with van der Waals surface area (Å²) in [5.41, 5.74) is -0.0821. The largest absolute Gasteiger partial charge is 0.386 e. The highest BCUT2D eigenvalue weighted by Crippen LogP contribution is 2.26. The zero-order chi connectivity index (χ0) is 18.0. The van der Waals surface area contributed by atoms with Gasteiger partial charge in [-0.3, -0.25) is 9.78 Å². The van der Waals surface area contributed by atoms with Crippen molar-refractivity contribution < 1.29 is 14.3 Å². The minimum atomic E-state index is -1.06. The highest BCUT2D eigenvalue weighted by atomic mass is 19.1. The van der Waals surface area contributed by atoms with E-state index in [9.17, 15) is 14.3 Å². The van der Waals surface area contributed by atoms with Crippen LogP contribution in [0.2, 0.25) is 0 Å². The number of hydrogen-bond donors (Lipinski definition) is 1. The number of halogens is 1. The molecule has 0 unspecified atom stereocenters. The van der Waals surface area contributed by atoms with Gasteiger partial charge in [-0.15, -0.1) is 0 Å². The van der Waals surface area contributed by atoms with Gasteiger partial charge < -0.3 is 14.9 Å². The number of carbonyl (C=O) groups excluding carboxylic acids is 1. The predicted molar refractivity (Wildman–Crippen MR) is 89.7 cm³/mol. The Morgan fingerprint density at radius 1 is 1.32 bits per heavy atom. The van der Waals surface area contributed by atoms with Gasteiger partial charge in [-0.05, 0) is 25.5 Å². The summed E-state index contributed by atoms with van der Waals surface area (Å²) in [6.45, 7) is 2.87. The van der Waals surface area contributed by atoms with Gasteiger partial charge in [0.1, 0.15) is 22.9 Å². The predicted octanol–water partition coefficient (Wildman–Crippen LogP) is 1.03. The zero-order valence-corrected chi connectivity index (χ0v) is 14.2. The molecule has 0 aliphatic carbocycles. The van der Waals surface area contributed by atoms with E-state index in [0.29, 0.717) is 25.3 Å². The lowest BCUT2D eigenvalue weighted by Crippen LogP contribution is -2.46. The van der Waals surface area contributed by atoms with E-state index in [1.807, 2.05) is 4.90 Å². The van der Waals surface area contributed by atoms with Crippen LogP contribution in [0.1, 0.15) is 22.6 Å². The molecular weight excluding hydrogens is 325 g/mol. The van der Waals surface area contributed by atoms with Crippen LogP contribution in [0.3, 0.4) is 0 Å². The van der Waals surface area contributed by atoms with E-state index in [4.69, 9.17) is 0 Å². The summed E-state index contributed by atoms with van der Waals surface area (Å²) in [5.74, 6) is -0.0854. The number of aliphatic hydroxyl groups is 1. The van der Waals surface area contributed by atoms with Crippen LogP contribution in [0, 0.1) is 12.7 Å². The van der Waals surface area contributed by atoms with E-state index in [1.54, 1.807) is 20.0 Å². The van der Waals surface area contributed by atoms with Crippen LogP contribution in [-0.4, -0.2) is 63.1 Å². The van der Waals surface area contributed by atoms with Crippen molar-refractivity contribution in [3.8, 4) is 0 Å². The Balaban J connectivity index is 1.64. The normalized spacial score (nSPS) is 19.9. The number of hydrogen-bond acceptors (Lipinski definition) is 6. The second kappa shape index (κ2) is 6.72. The molecule has 25 heavy (non-hydrogen) atoms. The molecule has 1 aliphatic rings. The molecule has 8 heteroatoms. The van der Waals surface area contributed by atoms with Crippen LogP contribution in [0.15, 0.2) is 30.7 Å². The summed E-state index contributed by atoms with van der Waals surface area (Å²) >= 11 is 0. The molecule has 132 valence electrons. The molecule has 1 atom stereocenters. The molecule has 0 bridgehead atoms. The third-order valence-corrected chi connectivity index (χ3v) is 4.25. The number of anilines is 1. The van der Waals surface area contributed by atoms with E-state index in [1.165, 1.54) is 23.4 Å². The van der Waals surface area contributed by atoms with Gasteiger partial charge in [0.25, 0.3) is 5.91 Å². The maximum absolute atomic E-state index is 13.0. The van der Waals surface area contributed by atoms with E-state index in [0.717, 1.165) is 11.9 Å². The monoisotopic (exact) mass is 345 g/mol. The van der Waals surface area contributed by atoms with Crippen LogP contribution in [-0.2, 0) is 0 Å². The Labute approximate surface area is 145 Å². The maximum Gasteiger partial charge on any atom is 0.273 e. The van der Waals surface area contributed by atoms with Crippen molar-refractivity contribution in [2.24, 2.45) is 0 Å². The van der Waals surface area contributed by atoms with Gasteiger partial charge in [0.15, 0.2) is 0 Å². The van der Waals surface area contributed by atoms with Crippen LogP contribution >= 0.6 is 0 Å². The van der Waals surface area contributed by atoms with E-state index in [-0.39, 0.29) is 18.1 Å². The van der Waals surface area contributed by atoms with E-state index in [2.05, 4.69) is 15.0 Å². The topological polar surface area (TPSA) is 82.5 Å². The van der Waals surface area contributed by atoms with Gasteiger partial charge in [-0.1, -0.05) is 0 Å². The molecule has 7 nitrogen and oxygen atoms in total. The molecule has 2 aromatic heterocycles. The van der Waals surface area contributed by atoms with Crippen molar-refractivity contribution in [3.05, 3.63) is 47.9 Å². The first-order chi connectivity index (χ1) is 11.9. The smallest absolute Gasteiger partial charge is 0.273 e. The van der Waals surface area contributed by atoms with E-state index >= 15 is 0 Å². The lowest BCUT2D eigenvalue weighted by Gasteiger charge is -2.29. The number of aryl methyl sites for hydroxylation is 1. The second-order valence-corrected chi connectivity index (χ2v) is 6.43. The minimum Gasteiger partial charge on any atom is -0.386 e. The number of likely N-dealkylation sites (N-methyl/N-ethyl adjacent to an activating group) is 1.